The molecule has 0 aliphatic carbocycles. The first-order chi connectivity index (χ1) is 8.54. The maximum Gasteiger partial charge on any atom is 0.317 e. The summed E-state index contributed by atoms with van der Waals surface area (Å²) >= 11 is 0. The number of piperidine rings is 1. The minimum absolute atomic E-state index is 0.0287. The van der Waals surface area contributed by atoms with Crippen LogP contribution in [0.25, 0.3) is 0 Å². The number of hydrogen-bond acceptors (Lipinski definition) is 3. The number of amides is 2. The molecule has 0 spiro atoms. The van der Waals surface area contributed by atoms with Crippen molar-refractivity contribution in [3.8, 4) is 0 Å². The maximum absolute atomic E-state index is 11.8. The van der Waals surface area contributed by atoms with Crippen LogP contribution in [0.5, 0.6) is 0 Å². The summed E-state index contributed by atoms with van der Waals surface area (Å²) < 4.78 is 5.31. The molecular weight excluding hydrogens is 236 g/mol. The summed E-state index contributed by atoms with van der Waals surface area (Å²) in [4.78, 5) is 24.3. The summed E-state index contributed by atoms with van der Waals surface area (Å²) in [6.07, 6.45) is 1.36. The van der Waals surface area contributed by atoms with Gasteiger partial charge in [0.05, 0.1) is 12.0 Å². The molecule has 1 aliphatic heterocycles. The third kappa shape index (κ3) is 4.52. The predicted octanol–water partition coefficient (Wildman–Crippen LogP) is 0.918. The summed E-state index contributed by atoms with van der Waals surface area (Å²) in [5, 5.41) is 11.7. The van der Waals surface area contributed by atoms with Gasteiger partial charge in [-0.05, 0) is 26.7 Å². The Hall–Kier alpha value is -1.30. The minimum Gasteiger partial charge on any atom is -0.481 e. The number of likely N-dealkylation sites (tertiary alicyclic amines) is 1. The number of aliphatic carboxylic acids is 1. The molecule has 1 rings (SSSR count). The van der Waals surface area contributed by atoms with Crippen molar-refractivity contribution in [2.45, 2.75) is 32.8 Å². The van der Waals surface area contributed by atoms with Gasteiger partial charge in [0.1, 0.15) is 0 Å². The Kier molecular flexibility index (Phi) is 5.91. The Bertz CT molecular complexity index is 296. The Balaban J connectivity index is 2.34. The summed E-state index contributed by atoms with van der Waals surface area (Å²) in [5.41, 5.74) is 0. The highest BCUT2D eigenvalue weighted by Gasteiger charge is 2.28. The molecule has 0 bridgehead atoms. The fraction of sp³-hybridized carbons (Fsp3) is 0.833. The van der Waals surface area contributed by atoms with Crippen LogP contribution in [0.1, 0.15) is 26.7 Å². The standard InChI is InChI=1S/C12H22N2O4/c1-3-18-9(2)7-13-12(17)14-6-4-5-10(8-14)11(15)16/h9-10H,3-8H2,1-2H3,(H,13,17)(H,15,16). The highest BCUT2D eigenvalue weighted by atomic mass is 16.5. The summed E-state index contributed by atoms with van der Waals surface area (Å²) in [7, 11) is 0. The van der Waals surface area contributed by atoms with Gasteiger partial charge in [0, 0.05) is 26.2 Å². The minimum atomic E-state index is -0.824. The van der Waals surface area contributed by atoms with Crippen LogP contribution in [-0.2, 0) is 9.53 Å². The van der Waals surface area contributed by atoms with E-state index in [1.54, 1.807) is 4.90 Å². The van der Waals surface area contributed by atoms with E-state index in [4.69, 9.17) is 9.84 Å². The fourth-order valence-corrected chi connectivity index (χ4v) is 2.05. The number of nitrogens with zero attached hydrogens (tertiary/aromatic N) is 1. The van der Waals surface area contributed by atoms with E-state index in [0.717, 1.165) is 6.42 Å². The van der Waals surface area contributed by atoms with Crippen molar-refractivity contribution in [3.05, 3.63) is 0 Å². The van der Waals surface area contributed by atoms with E-state index < -0.39 is 11.9 Å². The van der Waals surface area contributed by atoms with Crippen molar-refractivity contribution in [1.29, 1.82) is 0 Å². The zero-order chi connectivity index (χ0) is 13.5. The smallest absolute Gasteiger partial charge is 0.317 e. The van der Waals surface area contributed by atoms with Crippen molar-refractivity contribution in [2.24, 2.45) is 5.92 Å². The molecule has 0 aromatic heterocycles. The molecule has 1 heterocycles. The van der Waals surface area contributed by atoms with Crippen LogP contribution >= 0.6 is 0 Å². The number of carboxylic acid groups (broad SMARTS) is 1. The fourth-order valence-electron chi connectivity index (χ4n) is 2.05. The van der Waals surface area contributed by atoms with Crippen molar-refractivity contribution in [2.75, 3.05) is 26.2 Å². The van der Waals surface area contributed by atoms with E-state index in [1.807, 2.05) is 13.8 Å². The third-order valence-electron chi connectivity index (χ3n) is 3.05. The molecule has 6 heteroatoms. The van der Waals surface area contributed by atoms with Gasteiger partial charge in [-0.25, -0.2) is 4.79 Å². The lowest BCUT2D eigenvalue weighted by Gasteiger charge is -2.31. The van der Waals surface area contributed by atoms with Crippen LogP contribution in [0.4, 0.5) is 4.79 Å². The second-order valence-electron chi connectivity index (χ2n) is 4.58. The lowest BCUT2D eigenvalue weighted by atomic mass is 9.99. The number of nitrogens with one attached hydrogen (secondary N) is 1. The number of urea groups is 1. The van der Waals surface area contributed by atoms with Crippen LogP contribution in [0.3, 0.4) is 0 Å². The molecule has 18 heavy (non-hydrogen) atoms. The lowest BCUT2D eigenvalue weighted by Crippen LogP contribution is -2.48. The quantitative estimate of drug-likeness (QED) is 0.768. The van der Waals surface area contributed by atoms with Gasteiger partial charge in [-0.2, -0.15) is 0 Å². The zero-order valence-electron chi connectivity index (χ0n) is 11.0. The topological polar surface area (TPSA) is 78.9 Å². The normalized spacial score (nSPS) is 21.4. The highest BCUT2D eigenvalue weighted by Crippen LogP contribution is 2.16. The molecule has 0 saturated carbocycles. The monoisotopic (exact) mass is 258 g/mol. The van der Waals surface area contributed by atoms with Gasteiger partial charge >= 0.3 is 12.0 Å². The van der Waals surface area contributed by atoms with E-state index in [1.165, 1.54) is 0 Å². The second kappa shape index (κ2) is 7.20. The molecule has 1 fully saturated rings. The molecule has 2 atom stereocenters. The molecule has 1 saturated heterocycles. The number of carboxylic acids is 1. The third-order valence-corrected chi connectivity index (χ3v) is 3.05. The number of carbonyl (C=O) groups is 2. The molecule has 6 nitrogen and oxygen atoms in total. The maximum atomic E-state index is 11.8. The Labute approximate surface area is 107 Å². The Morgan fingerprint density at radius 1 is 1.56 bits per heavy atom. The molecule has 2 N–H and O–H groups in total. The van der Waals surface area contributed by atoms with Crippen LogP contribution in [0.15, 0.2) is 0 Å². The van der Waals surface area contributed by atoms with Crippen molar-refractivity contribution < 1.29 is 19.4 Å². The van der Waals surface area contributed by atoms with Crippen molar-refractivity contribution in [3.63, 3.8) is 0 Å². The van der Waals surface area contributed by atoms with E-state index in [-0.39, 0.29) is 12.1 Å². The van der Waals surface area contributed by atoms with E-state index >= 15 is 0 Å². The predicted molar refractivity (Wildman–Crippen MR) is 66.4 cm³/mol. The lowest BCUT2D eigenvalue weighted by molar-refractivity contribution is -0.143. The number of rotatable bonds is 5. The molecular formula is C12H22N2O4. The Morgan fingerprint density at radius 3 is 2.89 bits per heavy atom. The van der Waals surface area contributed by atoms with Gasteiger partial charge in [0.15, 0.2) is 0 Å². The first-order valence-corrected chi connectivity index (χ1v) is 6.41. The largest absolute Gasteiger partial charge is 0.481 e. The van der Waals surface area contributed by atoms with Gasteiger partial charge < -0.3 is 20.1 Å². The SMILES string of the molecule is CCOC(C)CNC(=O)N1CCCC(C(=O)O)C1. The van der Waals surface area contributed by atoms with Gasteiger partial charge in [-0.15, -0.1) is 0 Å². The van der Waals surface area contributed by atoms with Crippen molar-refractivity contribution >= 4 is 12.0 Å². The highest BCUT2D eigenvalue weighted by molar-refractivity contribution is 5.76. The van der Waals surface area contributed by atoms with Gasteiger partial charge in [0.25, 0.3) is 0 Å². The van der Waals surface area contributed by atoms with Crippen LogP contribution in [-0.4, -0.2) is 54.4 Å². The summed E-state index contributed by atoms with van der Waals surface area (Å²) in [6, 6.07) is -0.201. The van der Waals surface area contributed by atoms with Crippen LogP contribution in [0.2, 0.25) is 0 Å². The van der Waals surface area contributed by atoms with Crippen molar-refractivity contribution in [1.82, 2.24) is 10.2 Å². The molecule has 1 aliphatic rings. The second-order valence-corrected chi connectivity index (χ2v) is 4.58. The van der Waals surface area contributed by atoms with Gasteiger partial charge in [-0.3, -0.25) is 4.79 Å². The van der Waals surface area contributed by atoms with E-state index in [9.17, 15) is 9.59 Å². The number of ether oxygens (including phenoxy) is 1. The van der Waals surface area contributed by atoms with Gasteiger partial charge in [-0.1, -0.05) is 0 Å². The first-order valence-electron chi connectivity index (χ1n) is 6.41. The average molecular weight is 258 g/mol. The molecule has 0 aromatic carbocycles. The van der Waals surface area contributed by atoms with Gasteiger partial charge in [0.2, 0.25) is 0 Å². The van der Waals surface area contributed by atoms with Crippen LogP contribution in [0, 0.1) is 5.92 Å². The zero-order valence-corrected chi connectivity index (χ0v) is 11.0. The first kappa shape index (κ1) is 14.8. The summed E-state index contributed by atoms with van der Waals surface area (Å²) in [5.74, 6) is -1.26. The average Bonchev–Trinajstić information content (AvgIpc) is 2.36. The molecule has 0 aromatic rings. The molecule has 2 unspecified atom stereocenters. The van der Waals surface area contributed by atoms with Crippen LogP contribution < -0.4 is 5.32 Å². The Morgan fingerprint density at radius 2 is 2.28 bits per heavy atom. The molecule has 2 amide bonds. The van der Waals surface area contributed by atoms with E-state index in [0.29, 0.717) is 32.7 Å². The summed E-state index contributed by atoms with van der Waals surface area (Å²) in [6.45, 7) is 5.77. The molecule has 0 radical (unpaired) electrons. The number of carbonyl (C=O) groups excluding carboxylic acids is 1. The molecule has 104 valence electrons. The number of hydrogen-bond donors (Lipinski definition) is 2. The van der Waals surface area contributed by atoms with E-state index in [2.05, 4.69) is 5.32 Å².